The van der Waals surface area contributed by atoms with E-state index in [0.29, 0.717) is 11.5 Å². The van der Waals surface area contributed by atoms with Gasteiger partial charge < -0.3 is 5.32 Å². The molecule has 0 aliphatic heterocycles. The molecule has 0 amide bonds. The SMILES string of the molecule is CCCNC(C)CC(C)(C)Cc1c(C)cccc1C. The summed E-state index contributed by atoms with van der Waals surface area (Å²) in [6.07, 6.45) is 3.60. The molecule has 0 radical (unpaired) electrons. The van der Waals surface area contributed by atoms with Crippen LogP contribution in [-0.2, 0) is 6.42 Å². The van der Waals surface area contributed by atoms with E-state index < -0.39 is 0 Å². The van der Waals surface area contributed by atoms with Crippen LogP contribution >= 0.6 is 0 Å². The molecule has 0 saturated heterocycles. The molecule has 19 heavy (non-hydrogen) atoms. The standard InChI is InChI=1S/C18H31N/c1-7-11-19-16(4)12-18(5,6)13-17-14(2)9-8-10-15(17)3/h8-10,16,19H,7,11-13H2,1-6H3. The third-order valence-electron chi connectivity index (χ3n) is 3.90. The van der Waals surface area contributed by atoms with Crippen molar-refractivity contribution < 1.29 is 0 Å². The first-order valence-corrected chi connectivity index (χ1v) is 7.64. The van der Waals surface area contributed by atoms with Crippen molar-refractivity contribution in [2.24, 2.45) is 5.41 Å². The lowest BCUT2D eigenvalue weighted by Crippen LogP contribution is -2.32. The molecule has 0 fully saturated rings. The number of rotatable bonds is 7. The zero-order valence-corrected chi connectivity index (χ0v) is 13.6. The van der Waals surface area contributed by atoms with Gasteiger partial charge in [-0.3, -0.25) is 0 Å². The van der Waals surface area contributed by atoms with Crippen LogP contribution in [0.15, 0.2) is 18.2 Å². The van der Waals surface area contributed by atoms with Crippen LogP contribution in [0.1, 0.15) is 57.2 Å². The van der Waals surface area contributed by atoms with Gasteiger partial charge in [-0.2, -0.15) is 0 Å². The molecule has 1 rings (SSSR count). The average Bonchev–Trinajstić information content (AvgIpc) is 2.31. The molecule has 108 valence electrons. The molecule has 1 atom stereocenters. The predicted molar refractivity (Wildman–Crippen MR) is 85.8 cm³/mol. The van der Waals surface area contributed by atoms with E-state index in [1.807, 2.05) is 0 Å². The second-order valence-corrected chi connectivity index (χ2v) is 6.77. The van der Waals surface area contributed by atoms with Crippen molar-refractivity contribution in [1.29, 1.82) is 0 Å². The van der Waals surface area contributed by atoms with Gasteiger partial charge in [-0.05, 0) is 68.7 Å². The fourth-order valence-corrected chi connectivity index (χ4v) is 2.97. The van der Waals surface area contributed by atoms with Gasteiger partial charge in [0.2, 0.25) is 0 Å². The average molecular weight is 261 g/mol. The third-order valence-corrected chi connectivity index (χ3v) is 3.90. The summed E-state index contributed by atoms with van der Waals surface area (Å²) in [5.74, 6) is 0. The molecule has 1 N–H and O–H groups in total. The Labute approximate surface area is 119 Å². The van der Waals surface area contributed by atoms with Crippen LogP contribution in [0.2, 0.25) is 0 Å². The van der Waals surface area contributed by atoms with E-state index in [4.69, 9.17) is 0 Å². The van der Waals surface area contributed by atoms with Gasteiger partial charge in [0.25, 0.3) is 0 Å². The summed E-state index contributed by atoms with van der Waals surface area (Å²) in [6.45, 7) is 14.9. The highest BCUT2D eigenvalue weighted by Crippen LogP contribution is 2.30. The summed E-state index contributed by atoms with van der Waals surface area (Å²) in [6, 6.07) is 7.22. The molecule has 1 nitrogen and oxygen atoms in total. The highest BCUT2D eigenvalue weighted by atomic mass is 14.9. The molecule has 0 aliphatic rings. The van der Waals surface area contributed by atoms with Gasteiger partial charge in [-0.1, -0.05) is 39.0 Å². The van der Waals surface area contributed by atoms with E-state index in [0.717, 1.165) is 6.54 Å². The maximum Gasteiger partial charge on any atom is 0.00439 e. The van der Waals surface area contributed by atoms with Crippen LogP contribution in [0.25, 0.3) is 0 Å². The Kier molecular flexibility index (Phi) is 6.06. The van der Waals surface area contributed by atoms with Crippen molar-refractivity contribution in [3.05, 3.63) is 34.9 Å². The number of benzene rings is 1. The van der Waals surface area contributed by atoms with Crippen LogP contribution in [0.5, 0.6) is 0 Å². The fraction of sp³-hybridized carbons (Fsp3) is 0.667. The lowest BCUT2D eigenvalue weighted by atomic mass is 9.78. The van der Waals surface area contributed by atoms with Crippen molar-refractivity contribution in [2.45, 2.75) is 66.8 Å². The minimum Gasteiger partial charge on any atom is -0.314 e. The topological polar surface area (TPSA) is 12.0 Å². The van der Waals surface area contributed by atoms with Crippen LogP contribution in [0.4, 0.5) is 0 Å². The first-order valence-electron chi connectivity index (χ1n) is 7.64. The van der Waals surface area contributed by atoms with Crippen molar-refractivity contribution in [3.63, 3.8) is 0 Å². The molecular formula is C18H31N. The van der Waals surface area contributed by atoms with Crippen LogP contribution < -0.4 is 5.32 Å². The molecule has 1 heteroatoms. The summed E-state index contributed by atoms with van der Waals surface area (Å²) in [5, 5.41) is 3.60. The van der Waals surface area contributed by atoms with Gasteiger partial charge in [0.1, 0.15) is 0 Å². The summed E-state index contributed by atoms with van der Waals surface area (Å²) >= 11 is 0. The van der Waals surface area contributed by atoms with Gasteiger partial charge in [0.05, 0.1) is 0 Å². The Hall–Kier alpha value is -0.820. The second kappa shape index (κ2) is 7.09. The first kappa shape index (κ1) is 16.2. The molecule has 0 spiro atoms. The second-order valence-electron chi connectivity index (χ2n) is 6.77. The highest BCUT2D eigenvalue weighted by molar-refractivity contribution is 5.34. The Morgan fingerprint density at radius 3 is 2.26 bits per heavy atom. The maximum absolute atomic E-state index is 3.60. The first-order chi connectivity index (χ1) is 8.85. The van der Waals surface area contributed by atoms with Gasteiger partial charge >= 0.3 is 0 Å². The minimum atomic E-state index is 0.344. The van der Waals surface area contributed by atoms with Crippen LogP contribution in [0.3, 0.4) is 0 Å². The number of aryl methyl sites for hydroxylation is 2. The predicted octanol–water partition coefficient (Wildman–Crippen LogP) is 4.65. The number of hydrogen-bond donors (Lipinski definition) is 1. The number of nitrogens with one attached hydrogen (secondary N) is 1. The molecule has 1 unspecified atom stereocenters. The minimum absolute atomic E-state index is 0.344. The molecule has 1 aromatic carbocycles. The van der Waals surface area contributed by atoms with Gasteiger partial charge in [-0.15, -0.1) is 0 Å². The summed E-state index contributed by atoms with van der Waals surface area (Å²) in [4.78, 5) is 0. The zero-order chi connectivity index (χ0) is 14.5. The molecule has 0 heterocycles. The van der Waals surface area contributed by atoms with E-state index in [9.17, 15) is 0 Å². The largest absolute Gasteiger partial charge is 0.314 e. The summed E-state index contributed by atoms with van der Waals surface area (Å²) in [7, 11) is 0. The normalized spacial score (nSPS) is 13.6. The van der Waals surface area contributed by atoms with E-state index in [2.05, 4.69) is 65.1 Å². The monoisotopic (exact) mass is 261 g/mol. The Morgan fingerprint density at radius 1 is 1.16 bits per heavy atom. The fourth-order valence-electron chi connectivity index (χ4n) is 2.97. The van der Waals surface area contributed by atoms with Gasteiger partial charge in [0, 0.05) is 6.04 Å². The summed E-state index contributed by atoms with van der Waals surface area (Å²) in [5.41, 5.74) is 4.75. The van der Waals surface area contributed by atoms with Crippen molar-refractivity contribution >= 4 is 0 Å². The molecular weight excluding hydrogens is 230 g/mol. The molecule has 0 aromatic heterocycles. The lowest BCUT2D eigenvalue weighted by molar-refractivity contribution is 0.286. The lowest BCUT2D eigenvalue weighted by Gasteiger charge is -2.30. The van der Waals surface area contributed by atoms with E-state index in [1.54, 1.807) is 0 Å². The van der Waals surface area contributed by atoms with E-state index >= 15 is 0 Å². The molecule has 0 saturated carbocycles. The van der Waals surface area contributed by atoms with E-state index in [-0.39, 0.29) is 0 Å². The maximum atomic E-state index is 3.60. The van der Waals surface area contributed by atoms with Gasteiger partial charge in [0.15, 0.2) is 0 Å². The Bertz CT molecular complexity index is 372. The zero-order valence-electron chi connectivity index (χ0n) is 13.6. The van der Waals surface area contributed by atoms with Crippen LogP contribution in [0, 0.1) is 19.3 Å². The van der Waals surface area contributed by atoms with Crippen LogP contribution in [-0.4, -0.2) is 12.6 Å². The highest BCUT2D eigenvalue weighted by Gasteiger charge is 2.22. The third kappa shape index (κ3) is 5.36. The molecule has 1 aromatic rings. The molecule has 0 aliphatic carbocycles. The van der Waals surface area contributed by atoms with Crippen molar-refractivity contribution in [2.75, 3.05) is 6.54 Å². The Morgan fingerprint density at radius 2 is 1.74 bits per heavy atom. The van der Waals surface area contributed by atoms with Crippen molar-refractivity contribution in [3.8, 4) is 0 Å². The summed E-state index contributed by atoms with van der Waals surface area (Å²) < 4.78 is 0. The Balaban J connectivity index is 2.68. The van der Waals surface area contributed by atoms with E-state index in [1.165, 1.54) is 36.0 Å². The molecule has 0 bridgehead atoms. The smallest absolute Gasteiger partial charge is 0.00439 e. The van der Waals surface area contributed by atoms with Gasteiger partial charge in [-0.25, -0.2) is 0 Å². The number of hydrogen-bond acceptors (Lipinski definition) is 1. The van der Waals surface area contributed by atoms with Crippen molar-refractivity contribution in [1.82, 2.24) is 5.32 Å². The quantitative estimate of drug-likeness (QED) is 0.753.